The van der Waals surface area contributed by atoms with E-state index in [2.05, 4.69) is 53.5 Å². The minimum Gasteiger partial charge on any atom is -0.352 e. The molecule has 2 heterocycles. The number of piperidine rings is 1. The number of hydrogen-bond acceptors (Lipinski definition) is 4. The summed E-state index contributed by atoms with van der Waals surface area (Å²) in [6, 6.07) is 10.7. The number of carbonyl (C=O) groups excluding carboxylic acids is 2. The first kappa shape index (κ1) is 21.8. The normalized spacial score (nSPS) is 23.5. The van der Waals surface area contributed by atoms with E-state index in [1.54, 1.807) is 6.92 Å². The third kappa shape index (κ3) is 6.54. The summed E-state index contributed by atoms with van der Waals surface area (Å²) in [6.07, 6.45) is 2.44. The van der Waals surface area contributed by atoms with Crippen molar-refractivity contribution in [2.24, 2.45) is 11.8 Å². The summed E-state index contributed by atoms with van der Waals surface area (Å²) in [4.78, 5) is 30.8. The van der Waals surface area contributed by atoms with Crippen LogP contribution in [0.25, 0.3) is 0 Å². The Balaban J connectivity index is 1.51. The highest BCUT2D eigenvalue weighted by atomic mass is 16.2. The first-order valence-electron chi connectivity index (χ1n) is 10.9. The summed E-state index contributed by atoms with van der Waals surface area (Å²) in [5, 5.41) is 3.34. The minimum atomic E-state index is 0.142. The summed E-state index contributed by atoms with van der Waals surface area (Å²) in [5.41, 5.74) is 1.32. The molecule has 2 saturated heterocycles. The zero-order valence-electron chi connectivity index (χ0n) is 18.1. The standard InChI is InChI=1S/C23H36N4O2/c1-18(28)27-11-9-19(10-12-27)13-23(29)24-22-17-26(16-21(22)15-25(2)3)14-20-7-5-4-6-8-20/h4-8,19,21-22H,9-17H2,1-3H3,(H,24,29)/t21-,22-/m1/s1. The Morgan fingerprint density at radius 1 is 1.10 bits per heavy atom. The minimum absolute atomic E-state index is 0.142. The van der Waals surface area contributed by atoms with Crippen molar-refractivity contribution < 1.29 is 9.59 Å². The van der Waals surface area contributed by atoms with E-state index < -0.39 is 0 Å². The molecule has 1 aromatic carbocycles. The van der Waals surface area contributed by atoms with Crippen LogP contribution in [0.3, 0.4) is 0 Å². The number of likely N-dealkylation sites (tertiary alicyclic amines) is 2. The maximum Gasteiger partial charge on any atom is 0.220 e. The summed E-state index contributed by atoms with van der Waals surface area (Å²) < 4.78 is 0. The maximum absolute atomic E-state index is 12.8. The van der Waals surface area contributed by atoms with Crippen LogP contribution in [0.15, 0.2) is 30.3 Å². The van der Waals surface area contributed by atoms with Gasteiger partial charge in [0.1, 0.15) is 0 Å². The molecule has 0 spiro atoms. The third-order valence-corrected chi connectivity index (χ3v) is 6.25. The largest absolute Gasteiger partial charge is 0.352 e. The molecule has 0 bridgehead atoms. The lowest BCUT2D eigenvalue weighted by Crippen LogP contribution is -2.44. The second-order valence-corrected chi connectivity index (χ2v) is 9.03. The molecule has 1 aromatic rings. The number of nitrogens with zero attached hydrogens (tertiary/aromatic N) is 3. The van der Waals surface area contributed by atoms with E-state index in [1.807, 2.05) is 11.0 Å². The van der Waals surface area contributed by atoms with E-state index in [4.69, 9.17) is 0 Å². The van der Waals surface area contributed by atoms with Crippen molar-refractivity contribution in [2.75, 3.05) is 46.8 Å². The zero-order chi connectivity index (χ0) is 20.8. The van der Waals surface area contributed by atoms with Gasteiger partial charge in [-0.15, -0.1) is 0 Å². The molecule has 160 valence electrons. The second-order valence-electron chi connectivity index (χ2n) is 9.03. The maximum atomic E-state index is 12.8. The summed E-state index contributed by atoms with van der Waals surface area (Å²) in [5.74, 6) is 1.14. The highest BCUT2D eigenvalue weighted by Crippen LogP contribution is 2.23. The Labute approximate surface area is 175 Å². The van der Waals surface area contributed by atoms with Crippen molar-refractivity contribution in [3.63, 3.8) is 0 Å². The molecule has 0 aliphatic carbocycles. The topological polar surface area (TPSA) is 55.9 Å². The van der Waals surface area contributed by atoms with Crippen LogP contribution in [0.4, 0.5) is 0 Å². The SMILES string of the molecule is CC(=O)N1CCC(CC(=O)N[C@@H]2CN(Cc3ccccc3)C[C@H]2CN(C)C)CC1. The number of benzene rings is 1. The molecule has 1 N–H and O–H groups in total. The fraction of sp³-hybridized carbons (Fsp3) is 0.652. The molecule has 3 rings (SSSR count). The van der Waals surface area contributed by atoms with Gasteiger partial charge in [0.05, 0.1) is 0 Å². The molecule has 2 amide bonds. The van der Waals surface area contributed by atoms with Gasteiger partial charge in [0, 0.05) is 64.6 Å². The first-order chi connectivity index (χ1) is 13.9. The van der Waals surface area contributed by atoms with Crippen LogP contribution in [0, 0.1) is 11.8 Å². The highest BCUT2D eigenvalue weighted by Gasteiger charge is 2.34. The van der Waals surface area contributed by atoms with E-state index in [0.717, 1.165) is 52.1 Å². The number of nitrogens with one attached hydrogen (secondary N) is 1. The fourth-order valence-corrected chi connectivity index (χ4v) is 4.73. The Bertz CT molecular complexity index is 671. The molecular weight excluding hydrogens is 364 g/mol. The number of amides is 2. The fourth-order valence-electron chi connectivity index (χ4n) is 4.73. The first-order valence-corrected chi connectivity index (χ1v) is 10.9. The molecule has 0 radical (unpaired) electrons. The summed E-state index contributed by atoms with van der Waals surface area (Å²) in [7, 11) is 4.20. The molecule has 2 atom stereocenters. The van der Waals surface area contributed by atoms with Gasteiger partial charge in [-0.05, 0) is 38.4 Å². The van der Waals surface area contributed by atoms with Crippen LogP contribution in [0.1, 0.15) is 31.7 Å². The van der Waals surface area contributed by atoms with Crippen molar-refractivity contribution in [1.82, 2.24) is 20.0 Å². The summed E-state index contributed by atoms with van der Waals surface area (Å²) >= 11 is 0. The Morgan fingerprint density at radius 2 is 1.79 bits per heavy atom. The van der Waals surface area contributed by atoms with Crippen LogP contribution in [0.5, 0.6) is 0 Å². The van der Waals surface area contributed by atoms with Gasteiger partial charge >= 0.3 is 0 Å². The lowest BCUT2D eigenvalue weighted by atomic mass is 9.92. The van der Waals surface area contributed by atoms with E-state index in [1.165, 1.54) is 5.56 Å². The van der Waals surface area contributed by atoms with Gasteiger partial charge in [-0.1, -0.05) is 30.3 Å². The summed E-state index contributed by atoms with van der Waals surface area (Å²) in [6.45, 7) is 7.01. The molecule has 2 aliphatic heterocycles. The molecule has 2 aliphatic rings. The van der Waals surface area contributed by atoms with Gasteiger partial charge < -0.3 is 15.1 Å². The van der Waals surface area contributed by atoms with Gasteiger partial charge in [0.2, 0.25) is 11.8 Å². The molecule has 0 aromatic heterocycles. The van der Waals surface area contributed by atoms with Gasteiger partial charge in [-0.3, -0.25) is 14.5 Å². The van der Waals surface area contributed by atoms with Crippen molar-refractivity contribution in [2.45, 2.75) is 38.8 Å². The van der Waals surface area contributed by atoms with Gasteiger partial charge in [-0.2, -0.15) is 0 Å². The molecule has 6 nitrogen and oxygen atoms in total. The van der Waals surface area contributed by atoms with E-state index in [0.29, 0.717) is 18.3 Å². The van der Waals surface area contributed by atoms with Crippen molar-refractivity contribution >= 4 is 11.8 Å². The molecule has 0 unspecified atom stereocenters. The van der Waals surface area contributed by atoms with Gasteiger partial charge in [0.25, 0.3) is 0 Å². The molecule has 29 heavy (non-hydrogen) atoms. The predicted molar refractivity (Wildman–Crippen MR) is 115 cm³/mol. The predicted octanol–water partition coefficient (Wildman–Crippen LogP) is 1.81. The average Bonchev–Trinajstić information content (AvgIpc) is 3.02. The smallest absolute Gasteiger partial charge is 0.220 e. The van der Waals surface area contributed by atoms with E-state index >= 15 is 0 Å². The Morgan fingerprint density at radius 3 is 2.41 bits per heavy atom. The Hall–Kier alpha value is -1.92. The number of hydrogen-bond donors (Lipinski definition) is 1. The lowest BCUT2D eigenvalue weighted by molar-refractivity contribution is -0.130. The number of rotatable bonds is 7. The number of carbonyl (C=O) groups is 2. The van der Waals surface area contributed by atoms with Gasteiger partial charge in [-0.25, -0.2) is 0 Å². The molecule has 0 saturated carbocycles. The van der Waals surface area contributed by atoms with Crippen LogP contribution >= 0.6 is 0 Å². The average molecular weight is 401 g/mol. The molecule has 6 heteroatoms. The van der Waals surface area contributed by atoms with E-state index in [9.17, 15) is 9.59 Å². The monoisotopic (exact) mass is 400 g/mol. The quantitative estimate of drug-likeness (QED) is 0.759. The van der Waals surface area contributed by atoms with Crippen molar-refractivity contribution in [3.8, 4) is 0 Å². The van der Waals surface area contributed by atoms with Crippen LogP contribution in [0.2, 0.25) is 0 Å². The van der Waals surface area contributed by atoms with Crippen LogP contribution in [-0.2, 0) is 16.1 Å². The Kier molecular flexibility index (Phi) is 7.67. The molecule has 2 fully saturated rings. The van der Waals surface area contributed by atoms with Crippen molar-refractivity contribution in [3.05, 3.63) is 35.9 Å². The van der Waals surface area contributed by atoms with E-state index in [-0.39, 0.29) is 17.9 Å². The highest BCUT2D eigenvalue weighted by molar-refractivity contribution is 5.77. The van der Waals surface area contributed by atoms with Crippen LogP contribution in [-0.4, -0.2) is 79.4 Å². The van der Waals surface area contributed by atoms with Crippen LogP contribution < -0.4 is 5.32 Å². The zero-order valence-corrected chi connectivity index (χ0v) is 18.1. The second kappa shape index (κ2) is 10.2. The van der Waals surface area contributed by atoms with Crippen molar-refractivity contribution in [1.29, 1.82) is 0 Å². The van der Waals surface area contributed by atoms with Gasteiger partial charge in [0.15, 0.2) is 0 Å². The third-order valence-electron chi connectivity index (χ3n) is 6.25. The lowest BCUT2D eigenvalue weighted by Gasteiger charge is -2.31. The molecular formula is C23H36N4O2.